The van der Waals surface area contributed by atoms with E-state index >= 15 is 0 Å². The molecule has 162 valence electrons. The summed E-state index contributed by atoms with van der Waals surface area (Å²) in [6.45, 7) is 6.25. The second kappa shape index (κ2) is 9.26. The topological polar surface area (TPSA) is 79.0 Å². The van der Waals surface area contributed by atoms with Crippen LogP contribution in [0.25, 0.3) is 0 Å². The van der Waals surface area contributed by atoms with Gasteiger partial charge in [-0.3, -0.25) is 4.79 Å². The first kappa shape index (κ1) is 22.4. The molecule has 1 saturated heterocycles. The number of anilines is 1. The molecule has 0 bridgehead atoms. The van der Waals surface area contributed by atoms with Crippen molar-refractivity contribution in [2.75, 3.05) is 25.5 Å². The number of morpholine rings is 1. The number of hydrogen-bond donors (Lipinski definition) is 1. The lowest BCUT2D eigenvalue weighted by Gasteiger charge is -2.38. The first-order valence-corrected chi connectivity index (χ1v) is 11.4. The van der Waals surface area contributed by atoms with Crippen molar-refractivity contribution in [1.29, 1.82) is 0 Å². The molecule has 1 aliphatic rings. The van der Waals surface area contributed by atoms with Gasteiger partial charge in [-0.1, -0.05) is 30.3 Å². The van der Waals surface area contributed by atoms with Crippen LogP contribution in [-0.4, -0.2) is 55.3 Å². The fourth-order valence-electron chi connectivity index (χ4n) is 3.58. The Balaban J connectivity index is 1.75. The van der Waals surface area contributed by atoms with Gasteiger partial charge >= 0.3 is 0 Å². The van der Waals surface area contributed by atoms with Crippen molar-refractivity contribution >= 4 is 21.8 Å². The third kappa shape index (κ3) is 5.07. The normalized spacial score (nSPS) is 21.4. The fourth-order valence-corrected chi connectivity index (χ4v) is 5.26. The van der Waals surface area contributed by atoms with Crippen molar-refractivity contribution in [2.45, 2.75) is 39.0 Å². The van der Waals surface area contributed by atoms with Crippen LogP contribution in [-0.2, 0) is 14.9 Å². The summed E-state index contributed by atoms with van der Waals surface area (Å²) in [6, 6.07) is 15.8. The minimum absolute atomic E-state index is 0.149. The molecule has 1 N–H and O–H groups in total. The van der Waals surface area contributed by atoms with Crippen molar-refractivity contribution in [3.05, 3.63) is 65.7 Å². The fraction of sp³-hybridized carbons (Fsp3) is 0.409. The van der Waals surface area contributed by atoms with Crippen LogP contribution >= 0.6 is 0 Å². The number of carbonyl (C=O) groups excluding carboxylic acids is 1. The molecule has 1 heterocycles. The smallest absolute Gasteiger partial charge is 0.282 e. The number of carbonyl (C=O) groups is 1. The maximum atomic E-state index is 13.2. The summed E-state index contributed by atoms with van der Waals surface area (Å²) in [5, 5.41) is 2.87. The highest BCUT2D eigenvalue weighted by Crippen LogP contribution is 2.27. The van der Waals surface area contributed by atoms with Crippen LogP contribution in [0.15, 0.2) is 54.6 Å². The van der Waals surface area contributed by atoms with Crippen molar-refractivity contribution in [3.63, 3.8) is 0 Å². The van der Waals surface area contributed by atoms with Crippen LogP contribution in [0.4, 0.5) is 5.69 Å². The molecular weight excluding hydrogens is 402 g/mol. The Morgan fingerprint density at radius 3 is 2.37 bits per heavy atom. The summed E-state index contributed by atoms with van der Waals surface area (Å²) < 4.78 is 34.8. The number of hydrogen-bond acceptors (Lipinski definition) is 4. The van der Waals surface area contributed by atoms with E-state index in [-0.39, 0.29) is 18.1 Å². The van der Waals surface area contributed by atoms with E-state index in [1.54, 1.807) is 37.4 Å². The van der Waals surface area contributed by atoms with E-state index in [2.05, 4.69) is 5.32 Å². The van der Waals surface area contributed by atoms with Gasteiger partial charge in [0.05, 0.1) is 12.2 Å². The molecule has 0 aromatic heterocycles. The van der Waals surface area contributed by atoms with Gasteiger partial charge in [-0.05, 0) is 50.6 Å². The van der Waals surface area contributed by atoms with Crippen LogP contribution in [0.1, 0.15) is 42.7 Å². The van der Waals surface area contributed by atoms with Crippen LogP contribution in [0.2, 0.25) is 0 Å². The highest BCUT2D eigenvalue weighted by Gasteiger charge is 2.35. The lowest BCUT2D eigenvalue weighted by molar-refractivity contribution is -0.0455. The summed E-state index contributed by atoms with van der Waals surface area (Å²) in [4.78, 5) is 12.4. The predicted octanol–water partition coefficient (Wildman–Crippen LogP) is 3.29. The average Bonchev–Trinajstić information content (AvgIpc) is 2.72. The zero-order chi connectivity index (χ0) is 21.9. The van der Waals surface area contributed by atoms with Crippen LogP contribution in [0.5, 0.6) is 0 Å². The van der Waals surface area contributed by atoms with Crippen molar-refractivity contribution in [2.24, 2.45) is 0 Å². The summed E-state index contributed by atoms with van der Waals surface area (Å²) >= 11 is 0. The van der Waals surface area contributed by atoms with E-state index in [4.69, 9.17) is 4.74 Å². The monoisotopic (exact) mass is 431 g/mol. The number of amides is 1. The largest absolute Gasteiger partial charge is 0.373 e. The molecule has 1 amide bonds. The quantitative estimate of drug-likeness (QED) is 0.761. The lowest BCUT2D eigenvalue weighted by Crippen LogP contribution is -2.52. The van der Waals surface area contributed by atoms with Gasteiger partial charge in [0.2, 0.25) is 0 Å². The van der Waals surface area contributed by atoms with Gasteiger partial charge in [0.25, 0.3) is 16.1 Å². The van der Waals surface area contributed by atoms with Crippen LogP contribution in [0, 0.1) is 0 Å². The zero-order valence-electron chi connectivity index (χ0n) is 17.8. The summed E-state index contributed by atoms with van der Waals surface area (Å²) in [7, 11) is -2.07. The summed E-state index contributed by atoms with van der Waals surface area (Å²) in [5.74, 6) is -0.210. The first-order valence-electron chi connectivity index (χ1n) is 10.0. The van der Waals surface area contributed by atoms with Gasteiger partial charge in [-0.2, -0.15) is 17.0 Å². The Bertz CT molecular complexity index is 971. The molecule has 2 aromatic rings. The van der Waals surface area contributed by atoms with Crippen LogP contribution in [0.3, 0.4) is 0 Å². The number of nitrogens with zero attached hydrogens (tertiary/aromatic N) is 2. The zero-order valence-corrected chi connectivity index (χ0v) is 18.6. The number of rotatable bonds is 6. The molecule has 2 aromatic carbocycles. The molecule has 1 fully saturated rings. The van der Waals surface area contributed by atoms with Gasteiger partial charge in [-0.25, -0.2) is 0 Å². The van der Waals surface area contributed by atoms with Crippen molar-refractivity contribution < 1.29 is 17.9 Å². The third-order valence-electron chi connectivity index (χ3n) is 5.28. The average molecular weight is 432 g/mol. The first-order chi connectivity index (χ1) is 14.2. The third-order valence-corrected chi connectivity index (χ3v) is 7.28. The lowest BCUT2D eigenvalue weighted by atomic mass is 10.1. The molecule has 0 radical (unpaired) electrons. The minimum atomic E-state index is -3.65. The molecule has 1 aliphatic heterocycles. The Labute approximate surface area is 178 Å². The molecule has 0 aliphatic carbocycles. The number of ether oxygens (including phenoxy) is 1. The highest BCUT2D eigenvalue weighted by molar-refractivity contribution is 7.86. The van der Waals surface area contributed by atoms with E-state index in [1.165, 1.54) is 8.61 Å². The molecular formula is C22H29N3O4S. The van der Waals surface area contributed by atoms with E-state index in [0.29, 0.717) is 24.3 Å². The SMILES string of the molecule is C[C@@H]1CN(S(=O)(=O)N(C)[C@H](C)c2cccc(NC(=O)c3ccccc3)c2)C[C@@H](C)O1. The van der Waals surface area contributed by atoms with Gasteiger partial charge in [-0.15, -0.1) is 0 Å². The highest BCUT2D eigenvalue weighted by atomic mass is 32.2. The number of benzene rings is 2. The standard InChI is InChI=1S/C22H29N3O4S/c1-16-14-25(15-17(2)29-16)30(27,28)24(4)18(3)20-11-8-12-21(13-20)23-22(26)19-9-6-5-7-10-19/h5-13,16-18H,14-15H2,1-4H3,(H,23,26)/t16-,17-,18-/m1/s1. The van der Waals surface area contributed by atoms with E-state index in [9.17, 15) is 13.2 Å². The van der Waals surface area contributed by atoms with Gasteiger partial charge in [0.15, 0.2) is 0 Å². The van der Waals surface area contributed by atoms with E-state index in [1.807, 2.05) is 45.0 Å². The molecule has 8 heteroatoms. The Hall–Kier alpha value is -2.26. The second-order valence-corrected chi connectivity index (χ2v) is 9.71. The Kier molecular flexibility index (Phi) is 6.92. The van der Waals surface area contributed by atoms with Crippen molar-refractivity contribution in [1.82, 2.24) is 8.61 Å². The molecule has 0 spiro atoms. The minimum Gasteiger partial charge on any atom is -0.373 e. The maximum Gasteiger partial charge on any atom is 0.282 e. The molecule has 0 unspecified atom stereocenters. The summed E-state index contributed by atoms with van der Waals surface area (Å²) in [5.41, 5.74) is 1.97. The van der Waals surface area contributed by atoms with Crippen LogP contribution < -0.4 is 5.32 Å². The molecule has 3 atom stereocenters. The predicted molar refractivity (Wildman–Crippen MR) is 118 cm³/mol. The van der Waals surface area contributed by atoms with E-state index < -0.39 is 16.3 Å². The second-order valence-electron chi connectivity index (χ2n) is 7.72. The van der Waals surface area contributed by atoms with Crippen molar-refractivity contribution in [3.8, 4) is 0 Å². The van der Waals surface area contributed by atoms with Gasteiger partial charge in [0.1, 0.15) is 0 Å². The molecule has 30 heavy (non-hydrogen) atoms. The van der Waals surface area contributed by atoms with Gasteiger partial charge in [0, 0.05) is 37.4 Å². The molecule has 3 rings (SSSR count). The van der Waals surface area contributed by atoms with E-state index in [0.717, 1.165) is 5.56 Å². The maximum absolute atomic E-state index is 13.2. The number of nitrogens with one attached hydrogen (secondary N) is 1. The summed E-state index contributed by atoms with van der Waals surface area (Å²) in [6.07, 6.45) is -0.299. The Morgan fingerprint density at radius 1 is 1.10 bits per heavy atom. The Morgan fingerprint density at radius 2 is 1.73 bits per heavy atom. The molecule has 7 nitrogen and oxygen atoms in total. The molecule has 0 saturated carbocycles. The van der Waals surface area contributed by atoms with Gasteiger partial charge < -0.3 is 10.1 Å².